The first-order chi connectivity index (χ1) is 9.88. The molecule has 0 heterocycles. The number of carboxylic acids is 1. The first-order valence-corrected chi connectivity index (χ1v) is 5.93. The van der Waals surface area contributed by atoms with Crippen LogP contribution in [-0.4, -0.2) is 16.0 Å². The van der Waals surface area contributed by atoms with Gasteiger partial charge < -0.3 is 10.4 Å². The highest BCUT2D eigenvalue weighted by Gasteiger charge is 2.18. The Bertz CT molecular complexity index is 731. The number of hydrogen-bond acceptors (Lipinski definition) is 4. The Kier molecular flexibility index (Phi) is 3.84. The van der Waals surface area contributed by atoms with Crippen molar-refractivity contribution in [3.63, 3.8) is 0 Å². The third-order valence-electron chi connectivity index (χ3n) is 2.91. The SMILES string of the molecule is Cc1ccc(F)cc1Nc1ccc(C(=O)O)cc1[N+](=O)[O-]. The molecule has 0 saturated carbocycles. The second-order valence-corrected chi connectivity index (χ2v) is 4.38. The summed E-state index contributed by atoms with van der Waals surface area (Å²) in [5.41, 5.74) is 0.592. The molecule has 7 heteroatoms. The maximum atomic E-state index is 13.2. The fraction of sp³-hybridized carbons (Fsp3) is 0.0714. The van der Waals surface area contributed by atoms with Crippen molar-refractivity contribution in [2.24, 2.45) is 0 Å². The van der Waals surface area contributed by atoms with Crippen LogP contribution < -0.4 is 5.32 Å². The third-order valence-corrected chi connectivity index (χ3v) is 2.91. The van der Waals surface area contributed by atoms with Gasteiger partial charge in [-0.2, -0.15) is 0 Å². The van der Waals surface area contributed by atoms with Crippen molar-refractivity contribution < 1.29 is 19.2 Å². The van der Waals surface area contributed by atoms with E-state index in [-0.39, 0.29) is 11.3 Å². The first kappa shape index (κ1) is 14.4. The second-order valence-electron chi connectivity index (χ2n) is 4.38. The molecule has 0 aliphatic carbocycles. The average Bonchev–Trinajstić information content (AvgIpc) is 2.42. The van der Waals surface area contributed by atoms with Gasteiger partial charge in [-0.05, 0) is 36.8 Å². The van der Waals surface area contributed by atoms with Gasteiger partial charge in [-0.15, -0.1) is 0 Å². The van der Waals surface area contributed by atoms with Crippen LogP contribution in [0.25, 0.3) is 0 Å². The predicted octanol–water partition coefficient (Wildman–Crippen LogP) is 3.48. The Morgan fingerprint density at radius 1 is 1.24 bits per heavy atom. The molecule has 108 valence electrons. The molecule has 0 amide bonds. The van der Waals surface area contributed by atoms with Gasteiger partial charge >= 0.3 is 5.97 Å². The number of aryl methyl sites for hydroxylation is 1. The third kappa shape index (κ3) is 3.14. The van der Waals surface area contributed by atoms with E-state index in [4.69, 9.17) is 5.11 Å². The lowest BCUT2D eigenvalue weighted by Crippen LogP contribution is -2.02. The van der Waals surface area contributed by atoms with E-state index in [9.17, 15) is 19.3 Å². The Labute approximate surface area is 119 Å². The Balaban J connectivity index is 2.46. The summed E-state index contributed by atoms with van der Waals surface area (Å²) in [5, 5.41) is 22.7. The lowest BCUT2D eigenvalue weighted by atomic mass is 10.1. The quantitative estimate of drug-likeness (QED) is 0.664. The number of rotatable bonds is 4. The van der Waals surface area contributed by atoms with E-state index in [1.165, 1.54) is 30.3 Å². The van der Waals surface area contributed by atoms with Gasteiger partial charge in [0, 0.05) is 11.8 Å². The lowest BCUT2D eigenvalue weighted by Gasteiger charge is -2.10. The maximum absolute atomic E-state index is 13.2. The van der Waals surface area contributed by atoms with Crippen LogP contribution in [0.15, 0.2) is 36.4 Å². The van der Waals surface area contributed by atoms with Gasteiger partial charge in [0.2, 0.25) is 0 Å². The minimum Gasteiger partial charge on any atom is -0.478 e. The smallest absolute Gasteiger partial charge is 0.335 e. The number of carboxylic acid groups (broad SMARTS) is 1. The van der Waals surface area contributed by atoms with Crippen LogP contribution in [0.1, 0.15) is 15.9 Å². The molecule has 0 spiro atoms. The number of carbonyl (C=O) groups is 1. The highest BCUT2D eigenvalue weighted by molar-refractivity contribution is 5.90. The zero-order valence-electron chi connectivity index (χ0n) is 11.0. The van der Waals surface area contributed by atoms with Crippen LogP contribution in [0.2, 0.25) is 0 Å². The number of halogens is 1. The van der Waals surface area contributed by atoms with Gasteiger partial charge in [-0.1, -0.05) is 6.07 Å². The van der Waals surface area contributed by atoms with Crippen molar-refractivity contribution in [3.05, 3.63) is 63.5 Å². The Hall–Kier alpha value is -2.96. The number of benzene rings is 2. The molecule has 0 unspecified atom stereocenters. The number of nitrogens with zero attached hydrogens (tertiary/aromatic N) is 1. The Morgan fingerprint density at radius 2 is 1.95 bits per heavy atom. The minimum atomic E-state index is -1.26. The summed E-state index contributed by atoms with van der Waals surface area (Å²) < 4.78 is 13.2. The predicted molar refractivity (Wildman–Crippen MR) is 74.5 cm³/mol. The largest absolute Gasteiger partial charge is 0.478 e. The van der Waals surface area contributed by atoms with Crippen LogP contribution >= 0.6 is 0 Å². The topological polar surface area (TPSA) is 92.5 Å². The van der Waals surface area contributed by atoms with Crippen LogP contribution in [0.3, 0.4) is 0 Å². The zero-order chi connectivity index (χ0) is 15.6. The molecular formula is C14H11FN2O4. The van der Waals surface area contributed by atoms with E-state index >= 15 is 0 Å². The monoisotopic (exact) mass is 290 g/mol. The summed E-state index contributed by atoms with van der Waals surface area (Å²) >= 11 is 0. The van der Waals surface area contributed by atoms with Gasteiger partial charge in [0.25, 0.3) is 5.69 Å². The fourth-order valence-corrected chi connectivity index (χ4v) is 1.80. The number of nitrogens with one attached hydrogen (secondary N) is 1. The fourth-order valence-electron chi connectivity index (χ4n) is 1.80. The van der Waals surface area contributed by atoms with Gasteiger partial charge in [0.15, 0.2) is 0 Å². The summed E-state index contributed by atoms with van der Waals surface area (Å²) in [6, 6.07) is 7.51. The number of hydrogen-bond donors (Lipinski definition) is 2. The highest BCUT2D eigenvalue weighted by Crippen LogP contribution is 2.30. The molecule has 0 fully saturated rings. The molecule has 0 aliphatic rings. The van der Waals surface area contributed by atoms with Crippen LogP contribution in [0.5, 0.6) is 0 Å². The van der Waals surface area contributed by atoms with Crippen molar-refractivity contribution in [3.8, 4) is 0 Å². The van der Waals surface area contributed by atoms with E-state index in [0.717, 1.165) is 6.07 Å². The van der Waals surface area contributed by atoms with Crippen molar-refractivity contribution in [1.29, 1.82) is 0 Å². The van der Waals surface area contributed by atoms with Gasteiger partial charge in [-0.3, -0.25) is 10.1 Å². The number of aromatic carboxylic acids is 1. The Morgan fingerprint density at radius 3 is 2.57 bits per heavy atom. The first-order valence-electron chi connectivity index (χ1n) is 5.93. The molecule has 0 radical (unpaired) electrons. The molecule has 0 atom stereocenters. The van der Waals surface area contributed by atoms with Crippen molar-refractivity contribution in [2.75, 3.05) is 5.32 Å². The number of anilines is 2. The normalized spacial score (nSPS) is 10.2. The summed E-state index contributed by atoms with van der Waals surface area (Å²) in [6.45, 7) is 1.72. The second kappa shape index (κ2) is 5.58. The molecule has 0 bridgehead atoms. The molecular weight excluding hydrogens is 279 g/mol. The summed E-state index contributed by atoms with van der Waals surface area (Å²) in [7, 11) is 0. The minimum absolute atomic E-state index is 0.0960. The lowest BCUT2D eigenvalue weighted by molar-refractivity contribution is -0.383. The van der Waals surface area contributed by atoms with Crippen LogP contribution in [-0.2, 0) is 0 Å². The van der Waals surface area contributed by atoms with E-state index in [2.05, 4.69) is 5.32 Å². The highest BCUT2D eigenvalue weighted by atomic mass is 19.1. The molecule has 0 aliphatic heterocycles. The molecule has 21 heavy (non-hydrogen) atoms. The molecule has 0 saturated heterocycles. The van der Waals surface area contributed by atoms with Crippen molar-refractivity contribution in [2.45, 2.75) is 6.92 Å². The van der Waals surface area contributed by atoms with Gasteiger partial charge in [-0.25, -0.2) is 9.18 Å². The van der Waals surface area contributed by atoms with Crippen molar-refractivity contribution in [1.82, 2.24) is 0 Å². The standard InChI is InChI=1S/C14H11FN2O4/c1-8-2-4-10(15)7-12(8)16-11-5-3-9(14(18)19)6-13(11)17(20)21/h2-7,16H,1H3,(H,18,19). The summed E-state index contributed by atoms with van der Waals surface area (Å²) in [5.74, 6) is -1.74. The van der Waals surface area contributed by atoms with E-state index in [1.807, 2.05) is 0 Å². The molecule has 2 rings (SSSR count). The van der Waals surface area contributed by atoms with E-state index in [1.54, 1.807) is 6.92 Å². The zero-order valence-corrected chi connectivity index (χ0v) is 11.0. The number of nitro groups is 1. The van der Waals surface area contributed by atoms with Crippen LogP contribution in [0.4, 0.5) is 21.5 Å². The summed E-state index contributed by atoms with van der Waals surface area (Å²) in [4.78, 5) is 21.2. The van der Waals surface area contributed by atoms with Crippen LogP contribution in [0, 0.1) is 22.9 Å². The maximum Gasteiger partial charge on any atom is 0.335 e. The van der Waals surface area contributed by atoms with E-state index < -0.39 is 22.4 Å². The molecule has 2 N–H and O–H groups in total. The molecule has 6 nitrogen and oxygen atoms in total. The van der Waals surface area contributed by atoms with Crippen molar-refractivity contribution >= 4 is 23.0 Å². The average molecular weight is 290 g/mol. The van der Waals surface area contributed by atoms with E-state index in [0.29, 0.717) is 11.3 Å². The van der Waals surface area contributed by atoms with Gasteiger partial charge in [0.05, 0.1) is 10.5 Å². The molecule has 2 aromatic rings. The molecule has 0 aromatic heterocycles. The summed E-state index contributed by atoms with van der Waals surface area (Å²) in [6.07, 6.45) is 0. The molecule has 2 aromatic carbocycles. The van der Waals surface area contributed by atoms with Gasteiger partial charge in [0.1, 0.15) is 11.5 Å². The number of nitro benzene ring substituents is 1.